The third-order valence-corrected chi connectivity index (χ3v) is 3.88. The molecule has 0 saturated heterocycles. The summed E-state index contributed by atoms with van der Waals surface area (Å²) < 4.78 is 7.64. The fourth-order valence-corrected chi connectivity index (χ4v) is 2.73. The smallest absolute Gasteiger partial charge is 0.170 e. The molecule has 2 aromatic carbocycles. The standard InChI is InChI=1S/C19H23N5O/c1-15-11-16(2)13-18(12-15)25-10-9-23(3)14-19-20-21-22-24(19)17-7-5-4-6-8-17/h4-8,11-13H,9-10,14H2,1-3H3. The molecule has 25 heavy (non-hydrogen) atoms. The Morgan fingerprint density at radius 3 is 2.48 bits per heavy atom. The molecular weight excluding hydrogens is 314 g/mol. The topological polar surface area (TPSA) is 56.1 Å². The Morgan fingerprint density at radius 1 is 1.04 bits per heavy atom. The van der Waals surface area contributed by atoms with Gasteiger partial charge in [-0.2, -0.15) is 4.68 Å². The van der Waals surface area contributed by atoms with Gasteiger partial charge < -0.3 is 4.74 Å². The van der Waals surface area contributed by atoms with E-state index in [1.54, 1.807) is 4.68 Å². The first-order chi connectivity index (χ1) is 12.1. The molecular formula is C19H23N5O. The zero-order valence-corrected chi connectivity index (χ0v) is 14.9. The van der Waals surface area contributed by atoms with Gasteiger partial charge in [0.25, 0.3) is 0 Å². The highest BCUT2D eigenvalue weighted by Crippen LogP contribution is 2.16. The van der Waals surface area contributed by atoms with E-state index in [1.165, 1.54) is 11.1 Å². The monoisotopic (exact) mass is 337 g/mol. The van der Waals surface area contributed by atoms with Crippen molar-refractivity contribution in [3.63, 3.8) is 0 Å². The molecule has 0 N–H and O–H groups in total. The fraction of sp³-hybridized carbons (Fsp3) is 0.316. The molecule has 1 aromatic heterocycles. The highest BCUT2D eigenvalue weighted by atomic mass is 16.5. The molecule has 0 bridgehead atoms. The maximum atomic E-state index is 5.87. The van der Waals surface area contributed by atoms with E-state index in [0.717, 1.165) is 23.8 Å². The number of nitrogens with zero attached hydrogens (tertiary/aromatic N) is 5. The van der Waals surface area contributed by atoms with Crippen LogP contribution in [0.4, 0.5) is 0 Å². The van der Waals surface area contributed by atoms with Crippen molar-refractivity contribution in [3.8, 4) is 11.4 Å². The second kappa shape index (κ2) is 7.90. The number of hydrogen-bond donors (Lipinski definition) is 0. The lowest BCUT2D eigenvalue weighted by atomic mass is 10.1. The summed E-state index contributed by atoms with van der Waals surface area (Å²) in [4.78, 5) is 2.15. The number of rotatable bonds is 7. The number of benzene rings is 2. The minimum atomic E-state index is 0.617. The van der Waals surface area contributed by atoms with Crippen molar-refractivity contribution in [2.24, 2.45) is 0 Å². The van der Waals surface area contributed by atoms with E-state index in [-0.39, 0.29) is 0 Å². The van der Waals surface area contributed by atoms with Gasteiger partial charge >= 0.3 is 0 Å². The Bertz CT molecular complexity index is 795. The Hall–Kier alpha value is -2.73. The number of ether oxygens (including phenoxy) is 1. The SMILES string of the molecule is Cc1cc(C)cc(OCCN(C)Cc2nnnn2-c2ccccc2)c1. The number of likely N-dealkylation sites (N-methyl/N-ethyl adjacent to an activating group) is 1. The van der Waals surface area contributed by atoms with Gasteiger partial charge in [0.2, 0.25) is 0 Å². The molecule has 1 heterocycles. The van der Waals surface area contributed by atoms with Gasteiger partial charge in [-0.15, -0.1) is 5.10 Å². The van der Waals surface area contributed by atoms with Gasteiger partial charge in [0.05, 0.1) is 12.2 Å². The second-order valence-electron chi connectivity index (χ2n) is 6.25. The molecule has 6 heteroatoms. The van der Waals surface area contributed by atoms with Crippen LogP contribution >= 0.6 is 0 Å². The fourth-order valence-electron chi connectivity index (χ4n) is 2.73. The number of para-hydroxylation sites is 1. The van der Waals surface area contributed by atoms with Gasteiger partial charge in [-0.25, -0.2) is 0 Å². The maximum absolute atomic E-state index is 5.87. The zero-order valence-electron chi connectivity index (χ0n) is 14.9. The Balaban J connectivity index is 1.55. The summed E-state index contributed by atoms with van der Waals surface area (Å²) in [5, 5.41) is 12.0. The summed E-state index contributed by atoms with van der Waals surface area (Å²) in [7, 11) is 2.04. The molecule has 0 spiro atoms. The van der Waals surface area contributed by atoms with Crippen molar-refractivity contribution < 1.29 is 4.74 Å². The average molecular weight is 337 g/mol. The zero-order chi connectivity index (χ0) is 17.6. The predicted octanol–water partition coefficient (Wildman–Crippen LogP) is 2.79. The third-order valence-electron chi connectivity index (χ3n) is 3.88. The first kappa shape index (κ1) is 17.1. The Kier molecular flexibility index (Phi) is 5.40. The normalized spacial score (nSPS) is 11.0. The third kappa shape index (κ3) is 4.64. The lowest BCUT2D eigenvalue weighted by Crippen LogP contribution is -2.25. The first-order valence-electron chi connectivity index (χ1n) is 8.34. The highest BCUT2D eigenvalue weighted by Gasteiger charge is 2.10. The molecule has 3 aromatic rings. The summed E-state index contributed by atoms with van der Waals surface area (Å²) >= 11 is 0. The van der Waals surface area contributed by atoms with Crippen LogP contribution in [-0.4, -0.2) is 45.3 Å². The highest BCUT2D eigenvalue weighted by molar-refractivity contribution is 5.33. The van der Waals surface area contributed by atoms with Gasteiger partial charge in [-0.05, 0) is 66.7 Å². The largest absolute Gasteiger partial charge is 0.492 e. The van der Waals surface area contributed by atoms with Crippen molar-refractivity contribution in [2.75, 3.05) is 20.2 Å². The maximum Gasteiger partial charge on any atom is 0.170 e. The van der Waals surface area contributed by atoms with E-state index in [0.29, 0.717) is 13.2 Å². The minimum Gasteiger partial charge on any atom is -0.492 e. The van der Waals surface area contributed by atoms with Crippen LogP contribution in [0.15, 0.2) is 48.5 Å². The van der Waals surface area contributed by atoms with Crippen molar-refractivity contribution >= 4 is 0 Å². The molecule has 0 aliphatic heterocycles. The van der Waals surface area contributed by atoms with Gasteiger partial charge in [-0.3, -0.25) is 4.90 Å². The van der Waals surface area contributed by atoms with E-state index >= 15 is 0 Å². The average Bonchev–Trinajstić information content (AvgIpc) is 3.03. The number of aryl methyl sites for hydroxylation is 2. The Morgan fingerprint density at radius 2 is 1.76 bits per heavy atom. The van der Waals surface area contributed by atoms with Crippen LogP contribution in [0, 0.1) is 13.8 Å². The summed E-state index contributed by atoms with van der Waals surface area (Å²) in [6, 6.07) is 16.2. The molecule has 0 saturated carbocycles. The predicted molar refractivity (Wildman–Crippen MR) is 96.9 cm³/mol. The Labute approximate surface area is 148 Å². The van der Waals surface area contributed by atoms with Crippen molar-refractivity contribution in [1.82, 2.24) is 25.1 Å². The molecule has 0 unspecified atom stereocenters. The summed E-state index contributed by atoms with van der Waals surface area (Å²) in [5.41, 5.74) is 3.39. The molecule has 0 fully saturated rings. The lowest BCUT2D eigenvalue weighted by molar-refractivity contribution is 0.228. The molecule has 0 atom stereocenters. The van der Waals surface area contributed by atoms with Crippen LogP contribution in [0.25, 0.3) is 5.69 Å². The van der Waals surface area contributed by atoms with E-state index in [1.807, 2.05) is 37.4 Å². The van der Waals surface area contributed by atoms with Gasteiger partial charge in [0, 0.05) is 6.54 Å². The van der Waals surface area contributed by atoms with Crippen LogP contribution in [0.1, 0.15) is 17.0 Å². The van der Waals surface area contributed by atoms with Crippen LogP contribution in [0.2, 0.25) is 0 Å². The van der Waals surface area contributed by atoms with E-state index in [4.69, 9.17) is 4.74 Å². The van der Waals surface area contributed by atoms with Crippen LogP contribution in [-0.2, 0) is 6.54 Å². The van der Waals surface area contributed by atoms with E-state index in [9.17, 15) is 0 Å². The minimum absolute atomic E-state index is 0.617. The second-order valence-corrected chi connectivity index (χ2v) is 6.25. The molecule has 6 nitrogen and oxygen atoms in total. The van der Waals surface area contributed by atoms with Crippen molar-refractivity contribution in [3.05, 3.63) is 65.5 Å². The lowest BCUT2D eigenvalue weighted by Gasteiger charge is -2.16. The molecule has 3 rings (SSSR count). The molecule has 130 valence electrons. The van der Waals surface area contributed by atoms with Crippen molar-refractivity contribution in [2.45, 2.75) is 20.4 Å². The van der Waals surface area contributed by atoms with Crippen LogP contribution < -0.4 is 4.74 Å². The quantitative estimate of drug-likeness (QED) is 0.663. The molecule has 0 amide bonds. The summed E-state index contributed by atoms with van der Waals surface area (Å²) in [5.74, 6) is 1.72. The first-order valence-corrected chi connectivity index (χ1v) is 8.34. The molecule has 0 radical (unpaired) electrons. The molecule has 0 aliphatic rings. The van der Waals surface area contributed by atoms with Crippen LogP contribution in [0.3, 0.4) is 0 Å². The number of aromatic nitrogens is 4. The summed E-state index contributed by atoms with van der Waals surface area (Å²) in [6.07, 6.45) is 0. The summed E-state index contributed by atoms with van der Waals surface area (Å²) in [6.45, 7) is 6.21. The van der Waals surface area contributed by atoms with Gasteiger partial charge in [0.1, 0.15) is 12.4 Å². The van der Waals surface area contributed by atoms with Crippen molar-refractivity contribution in [1.29, 1.82) is 0 Å². The van der Waals surface area contributed by atoms with E-state index < -0.39 is 0 Å². The van der Waals surface area contributed by atoms with Gasteiger partial charge in [-0.1, -0.05) is 24.3 Å². The van der Waals surface area contributed by atoms with Gasteiger partial charge in [0.15, 0.2) is 5.82 Å². The number of hydrogen-bond acceptors (Lipinski definition) is 5. The molecule has 0 aliphatic carbocycles. The van der Waals surface area contributed by atoms with E-state index in [2.05, 4.69) is 52.5 Å². The number of tetrazole rings is 1. The van der Waals surface area contributed by atoms with Crippen LogP contribution in [0.5, 0.6) is 5.75 Å².